The number of halogens is 1. The van der Waals surface area contributed by atoms with E-state index in [0.29, 0.717) is 11.5 Å². The van der Waals surface area contributed by atoms with E-state index in [9.17, 15) is 0 Å². The van der Waals surface area contributed by atoms with Gasteiger partial charge >= 0.3 is 0 Å². The summed E-state index contributed by atoms with van der Waals surface area (Å²) in [4.78, 5) is 0. The van der Waals surface area contributed by atoms with Gasteiger partial charge in [-0.05, 0) is 52.9 Å². The molecule has 0 saturated carbocycles. The average molecular weight is 311 g/mol. The van der Waals surface area contributed by atoms with Gasteiger partial charge in [0.2, 0.25) is 0 Å². The van der Waals surface area contributed by atoms with Crippen molar-refractivity contribution in [1.29, 1.82) is 5.26 Å². The van der Waals surface area contributed by atoms with Gasteiger partial charge in [0.1, 0.15) is 0 Å². The highest BCUT2D eigenvalue weighted by Gasteiger charge is 2.08. The highest BCUT2D eigenvalue weighted by molar-refractivity contribution is 9.10. The maximum absolute atomic E-state index is 9.01. The molecule has 0 radical (unpaired) electrons. The third kappa shape index (κ3) is 4.67. The van der Waals surface area contributed by atoms with Crippen molar-refractivity contribution < 1.29 is 5.11 Å². The molecule has 0 heterocycles. The van der Waals surface area contributed by atoms with E-state index in [-0.39, 0.29) is 6.61 Å². The molecule has 1 unspecified atom stereocenters. The predicted molar refractivity (Wildman–Crippen MR) is 77.4 cm³/mol. The number of hydrogen-bond donors (Lipinski definition) is 2. The standard InChI is InChI=1S/C14H19BrN2O/c1-2-3-11(6-7-18)10-17-14-5-4-12(9-16)8-13(14)15/h4-5,8,11,17-18H,2-3,6-7,10H2,1H3. The number of benzene rings is 1. The van der Waals surface area contributed by atoms with Crippen LogP contribution in [-0.2, 0) is 0 Å². The van der Waals surface area contributed by atoms with Gasteiger partial charge in [-0.15, -0.1) is 0 Å². The molecular formula is C14H19BrN2O. The van der Waals surface area contributed by atoms with Crippen LogP contribution in [0.4, 0.5) is 5.69 Å². The molecule has 0 fully saturated rings. The van der Waals surface area contributed by atoms with Gasteiger partial charge in [-0.25, -0.2) is 0 Å². The quantitative estimate of drug-likeness (QED) is 0.810. The van der Waals surface area contributed by atoms with Crippen LogP contribution in [0, 0.1) is 17.2 Å². The average Bonchev–Trinajstić information content (AvgIpc) is 2.37. The lowest BCUT2D eigenvalue weighted by atomic mass is 10.00. The maximum atomic E-state index is 9.01. The van der Waals surface area contributed by atoms with Crippen molar-refractivity contribution >= 4 is 21.6 Å². The van der Waals surface area contributed by atoms with Crippen molar-refractivity contribution in [2.45, 2.75) is 26.2 Å². The van der Waals surface area contributed by atoms with Gasteiger partial charge < -0.3 is 10.4 Å². The molecule has 1 atom stereocenters. The Morgan fingerprint density at radius 3 is 2.78 bits per heavy atom. The summed E-state index contributed by atoms with van der Waals surface area (Å²) < 4.78 is 0.904. The molecule has 0 aliphatic carbocycles. The summed E-state index contributed by atoms with van der Waals surface area (Å²) in [5.41, 5.74) is 1.64. The molecule has 0 amide bonds. The summed E-state index contributed by atoms with van der Waals surface area (Å²) in [6.45, 7) is 3.24. The SMILES string of the molecule is CCCC(CCO)CNc1ccc(C#N)cc1Br. The van der Waals surface area contributed by atoms with Crippen LogP contribution in [-0.4, -0.2) is 18.3 Å². The summed E-state index contributed by atoms with van der Waals surface area (Å²) in [6.07, 6.45) is 3.07. The van der Waals surface area contributed by atoms with Crippen molar-refractivity contribution in [3.63, 3.8) is 0 Å². The molecule has 0 aromatic heterocycles. The van der Waals surface area contributed by atoms with Crippen LogP contribution in [0.25, 0.3) is 0 Å². The molecule has 4 heteroatoms. The number of nitriles is 1. The number of aliphatic hydroxyl groups is 1. The van der Waals surface area contributed by atoms with Gasteiger partial charge in [-0.2, -0.15) is 5.26 Å². The van der Waals surface area contributed by atoms with Crippen LogP contribution in [0.5, 0.6) is 0 Å². The zero-order chi connectivity index (χ0) is 13.4. The number of aliphatic hydroxyl groups excluding tert-OH is 1. The molecule has 1 aromatic rings. The minimum absolute atomic E-state index is 0.237. The first-order valence-corrected chi connectivity index (χ1v) is 7.05. The fraction of sp³-hybridized carbons (Fsp3) is 0.500. The number of hydrogen-bond acceptors (Lipinski definition) is 3. The largest absolute Gasteiger partial charge is 0.396 e. The second-order valence-electron chi connectivity index (χ2n) is 4.35. The molecule has 0 bridgehead atoms. The first-order chi connectivity index (χ1) is 8.71. The smallest absolute Gasteiger partial charge is 0.0992 e. The van der Waals surface area contributed by atoms with Crippen molar-refractivity contribution in [3.05, 3.63) is 28.2 Å². The Balaban J connectivity index is 2.59. The number of nitrogens with one attached hydrogen (secondary N) is 1. The second-order valence-corrected chi connectivity index (χ2v) is 5.21. The highest BCUT2D eigenvalue weighted by atomic mass is 79.9. The zero-order valence-corrected chi connectivity index (χ0v) is 12.2. The highest BCUT2D eigenvalue weighted by Crippen LogP contribution is 2.24. The molecular weight excluding hydrogens is 292 g/mol. The van der Waals surface area contributed by atoms with Gasteiger partial charge in [0.15, 0.2) is 0 Å². The van der Waals surface area contributed by atoms with E-state index in [1.54, 1.807) is 6.07 Å². The summed E-state index contributed by atoms with van der Waals surface area (Å²) in [7, 11) is 0. The van der Waals surface area contributed by atoms with E-state index in [1.165, 1.54) is 0 Å². The minimum atomic E-state index is 0.237. The lowest BCUT2D eigenvalue weighted by molar-refractivity contribution is 0.255. The van der Waals surface area contributed by atoms with E-state index >= 15 is 0 Å². The second kappa shape index (κ2) is 8.12. The summed E-state index contributed by atoms with van der Waals surface area (Å²) >= 11 is 3.45. The summed E-state index contributed by atoms with van der Waals surface area (Å²) in [5, 5.41) is 21.2. The van der Waals surface area contributed by atoms with E-state index in [1.807, 2.05) is 12.1 Å². The lowest BCUT2D eigenvalue weighted by Gasteiger charge is -2.17. The molecule has 1 aromatic carbocycles. The van der Waals surface area contributed by atoms with Crippen molar-refractivity contribution in [1.82, 2.24) is 0 Å². The Morgan fingerprint density at radius 2 is 2.22 bits per heavy atom. The van der Waals surface area contributed by atoms with Crippen molar-refractivity contribution in [3.8, 4) is 6.07 Å². The first-order valence-electron chi connectivity index (χ1n) is 6.25. The Hall–Kier alpha value is -1.05. The van der Waals surface area contributed by atoms with E-state index in [0.717, 1.165) is 36.0 Å². The zero-order valence-electron chi connectivity index (χ0n) is 10.6. The van der Waals surface area contributed by atoms with Gasteiger partial charge in [-0.1, -0.05) is 13.3 Å². The maximum Gasteiger partial charge on any atom is 0.0992 e. The molecule has 3 nitrogen and oxygen atoms in total. The van der Waals surface area contributed by atoms with Crippen molar-refractivity contribution in [2.24, 2.45) is 5.92 Å². The summed E-state index contributed by atoms with van der Waals surface area (Å²) in [5.74, 6) is 0.488. The van der Waals surface area contributed by atoms with E-state index < -0.39 is 0 Å². The van der Waals surface area contributed by atoms with Crippen molar-refractivity contribution in [2.75, 3.05) is 18.5 Å². The first kappa shape index (κ1) is 15.0. The van der Waals surface area contributed by atoms with E-state index in [4.69, 9.17) is 10.4 Å². The van der Waals surface area contributed by atoms with E-state index in [2.05, 4.69) is 34.2 Å². The minimum Gasteiger partial charge on any atom is -0.396 e. The van der Waals surface area contributed by atoms with Crippen LogP contribution in [0.3, 0.4) is 0 Å². The number of nitrogens with zero attached hydrogens (tertiary/aromatic N) is 1. The molecule has 98 valence electrons. The Kier molecular flexibility index (Phi) is 6.77. The third-order valence-electron chi connectivity index (χ3n) is 2.91. The molecule has 0 aliphatic rings. The normalized spacial score (nSPS) is 11.9. The van der Waals surface area contributed by atoms with Gasteiger partial charge in [-0.3, -0.25) is 0 Å². The molecule has 1 rings (SSSR count). The topological polar surface area (TPSA) is 56.0 Å². The molecule has 0 aliphatic heterocycles. The van der Waals surface area contributed by atoms with Crippen LogP contribution >= 0.6 is 15.9 Å². The van der Waals surface area contributed by atoms with Gasteiger partial charge in [0.25, 0.3) is 0 Å². The molecule has 18 heavy (non-hydrogen) atoms. The Bertz CT molecular complexity index is 409. The molecule has 2 N–H and O–H groups in total. The molecule has 0 spiro atoms. The fourth-order valence-electron chi connectivity index (χ4n) is 1.92. The van der Waals surface area contributed by atoms with Crippen LogP contribution in [0.15, 0.2) is 22.7 Å². The van der Waals surface area contributed by atoms with Gasteiger partial charge in [0, 0.05) is 23.3 Å². The monoisotopic (exact) mass is 310 g/mol. The van der Waals surface area contributed by atoms with Crippen LogP contribution in [0.2, 0.25) is 0 Å². The Morgan fingerprint density at radius 1 is 1.44 bits per heavy atom. The van der Waals surface area contributed by atoms with Crippen LogP contribution < -0.4 is 5.32 Å². The Labute approximate surface area is 117 Å². The third-order valence-corrected chi connectivity index (χ3v) is 3.57. The predicted octanol–water partition coefficient (Wildman–Crippen LogP) is 3.53. The number of rotatable bonds is 7. The fourth-order valence-corrected chi connectivity index (χ4v) is 2.44. The van der Waals surface area contributed by atoms with Gasteiger partial charge in [0.05, 0.1) is 11.6 Å². The molecule has 0 saturated heterocycles. The summed E-state index contributed by atoms with van der Waals surface area (Å²) in [6, 6.07) is 7.63. The lowest BCUT2D eigenvalue weighted by Crippen LogP contribution is -2.15. The number of anilines is 1. The van der Waals surface area contributed by atoms with Crippen LogP contribution in [0.1, 0.15) is 31.7 Å².